The van der Waals surface area contributed by atoms with E-state index in [1.54, 1.807) is 0 Å². The second-order valence-corrected chi connectivity index (χ2v) is 4.06. The third-order valence-corrected chi connectivity index (χ3v) is 2.73. The molecule has 0 bridgehead atoms. The second-order valence-electron chi connectivity index (χ2n) is 4.06. The lowest BCUT2D eigenvalue weighted by atomic mass is 10.0. The maximum atomic E-state index is 11.4. The molecule has 1 saturated heterocycles. The maximum Gasteiger partial charge on any atom is 0.225 e. The molecular formula is C11H23N3O. The van der Waals surface area contributed by atoms with Crippen molar-refractivity contribution >= 4 is 5.91 Å². The first-order valence-corrected chi connectivity index (χ1v) is 6.03. The summed E-state index contributed by atoms with van der Waals surface area (Å²) in [7, 11) is 0. The Morgan fingerprint density at radius 3 is 2.60 bits per heavy atom. The van der Waals surface area contributed by atoms with E-state index in [-0.39, 0.29) is 11.8 Å². The van der Waals surface area contributed by atoms with Crippen LogP contribution in [-0.4, -0.2) is 38.6 Å². The van der Waals surface area contributed by atoms with Gasteiger partial charge in [0.2, 0.25) is 5.91 Å². The molecule has 0 radical (unpaired) electrons. The smallest absolute Gasteiger partial charge is 0.225 e. The Balaban J connectivity index is 1.81. The van der Waals surface area contributed by atoms with Crippen LogP contribution >= 0.6 is 0 Å². The number of carbonyl (C=O) groups excluding carboxylic acids is 1. The fourth-order valence-electron chi connectivity index (χ4n) is 1.56. The van der Waals surface area contributed by atoms with Gasteiger partial charge >= 0.3 is 0 Å². The van der Waals surface area contributed by atoms with Gasteiger partial charge < -0.3 is 16.0 Å². The van der Waals surface area contributed by atoms with Crippen LogP contribution in [0.2, 0.25) is 0 Å². The van der Waals surface area contributed by atoms with Crippen LogP contribution in [0.1, 0.15) is 26.2 Å². The van der Waals surface area contributed by atoms with E-state index < -0.39 is 0 Å². The van der Waals surface area contributed by atoms with Crippen molar-refractivity contribution in [2.24, 2.45) is 5.92 Å². The number of nitrogens with one attached hydrogen (secondary N) is 3. The lowest BCUT2D eigenvalue weighted by Gasteiger charge is -2.25. The first kappa shape index (κ1) is 12.5. The molecule has 3 N–H and O–H groups in total. The number of hydrogen-bond donors (Lipinski definition) is 3. The van der Waals surface area contributed by atoms with E-state index in [1.165, 1.54) is 12.8 Å². The van der Waals surface area contributed by atoms with Crippen LogP contribution in [-0.2, 0) is 4.79 Å². The normalized spacial score (nSPS) is 16.1. The molecule has 88 valence electrons. The number of unbranched alkanes of at least 4 members (excludes halogenated alkanes) is 2. The molecule has 1 fully saturated rings. The Morgan fingerprint density at radius 2 is 2.00 bits per heavy atom. The molecule has 1 heterocycles. The average Bonchev–Trinajstić information content (AvgIpc) is 2.14. The summed E-state index contributed by atoms with van der Waals surface area (Å²) in [5.74, 6) is 0.451. The van der Waals surface area contributed by atoms with Gasteiger partial charge in [-0.3, -0.25) is 4.79 Å². The summed E-state index contributed by atoms with van der Waals surface area (Å²) in [5, 5.41) is 9.36. The van der Waals surface area contributed by atoms with E-state index in [1.807, 2.05) is 0 Å². The first-order valence-electron chi connectivity index (χ1n) is 6.03. The van der Waals surface area contributed by atoms with Crippen molar-refractivity contribution in [1.82, 2.24) is 16.0 Å². The highest BCUT2D eigenvalue weighted by Crippen LogP contribution is 2.02. The second kappa shape index (κ2) is 7.65. The molecular weight excluding hydrogens is 190 g/mol. The van der Waals surface area contributed by atoms with Gasteiger partial charge in [-0.1, -0.05) is 13.3 Å². The molecule has 0 atom stereocenters. The van der Waals surface area contributed by atoms with E-state index in [2.05, 4.69) is 22.9 Å². The van der Waals surface area contributed by atoms with Crippen LogP contribution in [0.5, 0.6) is 0 Å². The van der Waals surface area contributed by atoms with E-state index in [9.17, 15) is 4.79 Å². The molecule has 0 aromatic carbocycles. The van der Waals surface area contributed by atoms with Gasteiger partial charge in [-0.25, -0.2) is 0 Å². The molecule has 15 heavy (non-hydrogen) atoms. The van der Waals surface area contributed by atoms with Gasteiger partial charge in [-0.15, -0.1) is 0 Å². The van der Waals surface area contributed by atoms with Gasteiger partial charge in [0.05, 0.1) is 5.92 Å². The minimum absolute atomic E-state index is 0.223. The molecule has 1 aliphatic rings. The van der Waals surface area contributed by atoms with Crippen molar-refractivity contribution in [3.8, 4) is 0 Å². The van der Waals surface area contributed by atoms with Crippen LogP contribution < -0.4 is 16.0 Å². The standard InChI is InChI=1S/C11H23N3O/c1-2-12-6-4-3-5-7-14-11(15)10-8-13-9-10/h10,12-13H,2-9H2,1H3,(H,14,15). The van der Waals surface area contributed by atoms with Crippen LogP contribution in [0.15, 0.2) is 0 Å². The highest BCUT2D eigenvalue weighted by atomic mass is 16.2. The predicted molar refractivity (Wildman–Crippen MR) is 61.8 cm³/mol. The van der Waals surface area contributed by atoms with Gasteiger partial charge in [0.25, 0.3) is 0 Å². The minimum Gasteiger partial charge on any atom is -0.356 e. The Bertz CT molecular complexity index is 181. The molecule has 1 amide bonds. The fourth-order valence-corrected chi connectivity index (χ4v) is 1.56. The SMILES string of the molecule is CCNCCCCCNC(=O)C1CNC1. The summed E-state index contributed by atoms with van der Waals surface area (Å²) >= 11 is 0. The summed E-state index contributed by atoms with van der Waals surface area (Å²) in [6, 6.07) is 0. The lowest BCUT2D eigenvalue weighted by molar-refractivity contribution is -0.126. The Kier molecular flexibility index (Phi) is 6.36. The van der Waals surface area contributed by atoms with E-state index in [0.717, 1.165) is 39.1 Å². The molecule has 4 nitrogen and oxygen atoms in total. The van der Waals surface area contributed by atoms with Crippen molar-refractivity contribution in [1.29, 1.82) is 0 Å². The zero-order valence-corrected chi connectivity index (χ0v) is 9.64. The predicted octanol–water partition coefficient (Wildman–Crippen LogP) is 0.102. The Hall–Kier alpha value is -0.610. The van der Waals surface area contributed by atoms with Gasteiger partial charge in [-0.05, 0) is 25.9 Å². The average molecular weight is 213 g/mol. The van der Waals surface area contributed by atoms with Crippen molar-refractivity contribution in [3.63, 3.8) is 0 Å². The van der Waals surface area contributed by atoms with Gasteiger partial charge in [0.15, 0.2) is 0 Å². The molecule has 0 saturated carbocycles. The van der Waals surface area contributed by atoms with Crippen molar-refractivity contribution in [3.05, 3.63) is 0 Å². The summed E-state index contributed by atoms with van der Waals surface area (Å²) in [4.78, 5) is 11.4. The maximum absolute atomic E-state index is 11.4. The van der Waals surface area contributed by atoms with Crippen molar-refractivity contribution < 1.29 is 4.79 Å². The number of carbonyl (C=O) groups is 1. The number of hydrogen-bond acceptors (Lipinski definition) is 3. The summed E-state index contributed by atoms with van der Waals surface area (Å²) < 4.78 is 0. The van der Waals surface area contributed by atoms with Crippen LogP contribution in [0.25, 0.3) is 0 Å². The molecule has 4 heteroatoms. The quantitative estimate of drug-likeness (QED) is 0.501. The molecule has 1 rings (SSSR count). The fraction of sp³-hybridized carbons (Fsp3) is 0.909. The Labute approximate surface area is 92.2 Å². The molecule has 0 aliphatic carbocycles. The molecule has 0 aromatic heterocycles. The Morgan fingerprint density at radius 1 is 1.27 bits per heavy atom. The van der Waals surface area contributed by atoms with Crippen LogP contribution in [0.4, 0.5) is 0 Å². The lowest BCUT2D eigenvalue weighted by Crippen LogP contribution is -2.50. The van der Waals surface area contributed by atoms with Crippen molar-refractivity contribution in [2.45, 2.75) is 26.2 Å². The minimum atomic E-state index is 0.223. The zero-order chi connectivity index (χ0) is 10.9. The molecule has 0 spiro atoms. The third-order valence-electron chi connectivity index (χ3n) is 2.73. The molecule has 0 unspecified atom stereocenters. The molecule has 0 aromatic rings. The topological polar surface area (TPSA) is 53.2 Å². The number of rotatable bonds is 8. The van der Waals surface area contributed by atoms with Gasteiger partial charge in [-0.2, -0.15) is 0 Å². The summed E-state index contributed by atoms with van der Waals surface area (Å²) in [6.45, 7) is 6.80. The van der Waals surface area contributed by atoms with Crippen LogP contribution in [0.3, 0.4) is 0 Å². The zero-order valence-electron chi connectivity index (χ0n) is 9.64. The highest BCUT2D eigenvalue weighted by molar-refractivity contribution is 5.79. The number of amides is 1. The summed E-state index contributed by atoms with van der Waals surface area (Å²) in [5.41, 5.74) is 0. The highest BCUT2D eigenvalue weighted by Gasteiger charge is 2.23. The van der Waals surface area contributed by atoms with Crippen molar-refractivity contribution in [2.75, 3.05) is 32.7 Å². The van der Waals surface area contributed by atoms with Gasteiger partial charge in [0, 0.05) is 19.6 Å². The third kappa shape index (κ3) is 5.14. The summed E-state index contributed by atoms with van der Waals surface area (Å²) in [6.07, 6.45) is 3.49. The van der Waals surface area contributed by atoms with E-state index in [0.29, 0.717) is 0 Å². The molecule has 1 aliphatic heterocycles. The van der Waals surface area contributed by atoms with Crippen LogP contribution in [0, 0.1) is 5.92 Å². The van der Waals surface area contributed by atoms with E-state index in [4.69, 9.17) is 0 Å². The monoisotopic (exact) mass is 213 g/mol. The van der Waals surface area contributed by atoms with E-state index >= 15 is 0 Å². The first-order chi connectivity index (χ1) is 7.34. The van der Waals surface area contributed by atoms with Gasteiger partial charge in [0.1, 0.15) is 0 Å². The largest absolute Gasteiger partial charge is 0.356 e.